The Morgan fingerprint density at radius 2 is 2.26 bits per heavy atom. The fraction of sp³-hybridized carbons (Fsp3) is 0.357. The number of hydrogen-bond acceptors (Lipinski definition) is 3. The minimum absolute atomic E-state index is 0.147. The van der Waals surface area contributed by atoms with E-state index in [4.69, 9.17) is 9.47 Å². The molecule has 1 heterocycles. The van der Waals surface area contributed by atoms with Gasteiger partial charge in [0.05, 0.1) is 6.61 Å². The predicted octanol–water partition coefficient (Wildman–Crippen LogP) is 1.70. The second-order valence-corrected chi connectivity index (χ2v) is 4.27. The Morgan fingerprint density at radius 3 is 3.05 bits per heavy atom. The molecule has 0 aliphatic heterocycles. The van der Waals surface area contributed by atoms with E-state index in [1.54, 1.807) is 14.0 Å². The lowest BCUT2D eigenvalue weighted by Gasteiger charge is -2.14. The van der Waals surface area contributed by atoms with Crippen molar-refractivity contribution in [2.45, 2.75) is 13.0 Å². The summed E-state index contributed by atoms with van der Waals surface area (Å²) >= 11 is 0. The summed E-state index contributed by atoms with van der Waals surface area (Å²) in [6, 6.07) is 7.65. The lowest BCUT2D eigenvalue weighted by molar-refractivity contribution is -0.127. The van der Waals surface area contributed by atoms with Gasteiger partial charge in [-0.25, -0.2) is 0 Å². The molecule has 2 rings (SSSR count). The summed E-state index contributed by atoms with van der Waals surface area (Å²) in [6.45, 7) is 2.71. The van der Waals surface area contributed by atoms with E-state index in [0.29, 0.717) is 18.9 Å². The van der Waals surface area contributed by atoms with Gasteiger partial charge < -0.3 is 19.8 Å². The quantitative estimate of drug-likeness (QED) is 0.779. The van der Waals surface area contributed by atoms with Crippen LogP contribution < -0.4 is 10.1 Å². The van der Waals surface area contributed by atoms with Crippen molar-refractivity contribution >= 4 is 16.8 Å². The largest absolute Gasteiger partial charge is 0.481 e. The topological polar surface area (TPSA) is 63.4 Å². The summed E-state index contributed by atoms with van der Waals surface area (Å²) in [7, 11) is 1.60. The first-order valence-corrected chi connectivity index (χ1v) is 6.21. The maximum Gasteiger partial charge on any atom is 0.260 e. The van der Waals surface area contributed by atoms with Crippen LogP contribution in [0.1, 0.15) is 6.92 Å². The zero-order valence-electron chi connectivity index (χ0n) is 11.1. The minimum atomic E-state index is -0.534. The van der Waals surface area contributed by atoms with Gasteiger partial charge in [0.2, 0.25) is 0 Å². The molecule has 102 valence electrons. The molecule has 0 spiro atoms. The van der Waals surface area contributed by atoms with E-state index in [0.717, 1.165) is 10.9 Å². The Hall–Kier alpha value is -2.01. The molecule has 19 heavy (non-hydrogen) atoms. The fourth-order valence-corrected chi connectivity index (χ4v) is 1.78. The van der Waals surface area contributed by atoms with Gasteiger partial charge in [0.1, 0.15) is 5.75 Å². The first-order chi connectivity index (χ1) is 9.20. The molecule has 0 aliphatic rings. The van der Waals surface area contributed by atoms with Crippen LogP contribution in [0.2, 0.25) is 0 Å². The molecular weight excluding hydrogens is 244 g/mol. The van der Waals surface area contributed by atoms with Gasteiger partial charge in [-0.15, -0.1) is 0 Å². The first-order valence-electron chi connectivity index (χ1n) is 6.21. The van der Waals surface area contributed by atoms with Crippen molar-refractivity contribution in [3.63, 3.8) is 0 Å². The Kier molecular flexibility index (Phi) is 4.41. The zero-order valence-corrected chi connectivity index (χ0v) is 11.1. The number of nitrogens with one attached hydrogen (secondary N) is 2. The van der Waals surface area contributed by atoms with E-state index < -0.39 is 6.10 Å². The van der Waals surface area contributed by atoms with E-state index in [9.17, 15) is 4.79 Å². The first kappa shape index (κ1) is 13.4. The molecule has 0 aliphatic carbocycles. The van der Waals surface area contributed by atoms with Crippen molar-refractivity contribution in [3.05, 3.63) is 30.5 Å². The lowest BCUT2D eigenvalue weighted by Crippen LogP contribution is -2.37. The molecule has 1 aromatic carbocycles. The Morgan fingerprint density at radius 1 is 1.42 bits per heavy atom. The predicted molar refractivity (Wildman–Crippen MR) is 73.3 cm³/mol. The van der Waals surface area contributed by atoms with Crippen molar-refractivity contribution in [3.8, 4) is 5.75 Å². The molecule has 1 amide bonds. The number of hydrogen-bond donors (Lipinski definition) is 2. The third-order valence-corrected chi connectivity index (χ3v) is 2.81. The minimum Gasteiger partial charge on any atom is -0.481 e. The second-order valence-electron chi connectivity index (χ2n) is 4.27. The van der Waals surface area contributed by atoms with Gasteiger partial charge in [-0.2, -0.15) is 0 Å². The number of H-pyrrole nitrogens is 1. The molecule has 2 aromatic rings. The van der Waals surface area contributed by atoms with E-state index in [1.807, 2.05) is 30.5 Å². The van der Waals surface area contributed by atoms with Crippen LogP contribution in [0.25, 0.3) is 10.9 Å². The number of ether oxygens (including phenoxy) is 2. The molecule has 1 atom stereocenters. The molecule has 0 saturated carbocycles. The number of aromatic amines is 1. The van der Waals surface area contributed by atoms with Crippen molar-refractivity contribution in [2.24, 2.45) is 0 Å². The van der Waals surface area contributed by atoms with Gasteiger partial charge in [-0.1, -0.05) is 0 Å². The van der Waals surface area contributed by atoms with Crippen molar-refractivity contribution < 1.29 is 14.3 Å². The average Bonchev–Trinajstić information content (AvgIpc) is 2.86. The van der Waals surface area contributed by atoms with E-state index in [2.05, 4.69) is 10.3 Å². The standard InChI is InChI=1S/C14H18N2O3/c1-10(14(17)16-7-8-18-2)19-12-3-4-13-11(9-12)5-6-15-13/h3-6,9-10,15H,7-8H2,1-2H3,(H,16,17). The van der Waals surface area contributed by atoms with Gasteiger partial charge in [0, 0.05) is 30.8 Å². The molecule has 1 aromatic heterocycles. The number of benzene rings is 1. The molecule has 0 saturated heterocycles. The molecule has 0 fully saturated rings. The maximum absolute atomic E-state index is 11.7. The van der Waals surface area contributed by atoms with Crippen LogP contribution in [0.5, 0.6) is 5.75 Å². The Bertz CT molecular complexity index is 550. The van der Waals surface area contributed by atoms with Crippen LogP contribution >= 0.6 is 0 Å². The molecule has 0 bridgehead atoms. The Labute approximate surface area is 111 Å². The van der Waals surface area contributed by atoms with Crippen molar-refractivity contribution in [2.75, 3.05) is 20.3 Å². The van der Waals surface area contributed by atoms with Gasteiger partial charge in [-0.3, -0.25) is 4.79 Å². The molecule has 1 unspecified atom stereocenters. The highest BCUT2D eigenvalue weighted by Gasteiger charge is 2.14. The molecule has 5 nitrogen and oxygen atoms in total. The summed E-state index contributed by atoms with van der Waals surface area (Å²) in [6.07, 6.45) is 1.34. The van der Waals surface area contributed by atoms with Crippen LogP contribution in [0.3, 0.4) is 0 Å². The maximum atomic E-state index is 11.7. The normalized spacial score (nSPS) is 12.3. The summed E-state index contributed by atoms with van der Waals surface area (Å²) in [5, 5.41) is 3.80. The van der Waals surface area contributed by atoms with Crippen LogP contribution in [-0.2, 0) is 9.53 Å². The SMILES string of the molecule is COCCNC(=O)C(C)Oc1ccc2[nH]ccc2c1. The third kappa shape index (κ3) is 3.48. The molecule has 5 heteroatoms. The summed E-state index contributed by atoms with van der Waals surface area (Å²) in [4.78, 5) is 14.8. The highest BCUT2D eigenvalue weighted by Crippen LogP contribution is 2.20. The number of carbonyl (C=O) groups excluding carboxylic acids is 1. The zero-order chi connectivity index (χ0) is 13.7. The number of rotatable bonds is 6. The van der Waals surface area contributed by atoms with Gasteiger partial charge >= 0.3 is 0 Å². The van der Waals surface area contributed by atoms with E-state index in [-0.39, 0.29) is 5.91 Å². The van der Waals surface area contributed by atoms with Crippen LogP contribution in [0.15, 0.2) is 30.5 Å². The smallest absolute Gasteiger partial charge is 0.260 e. The highest BCUT2D eigenvalue weighted by atomic mass is 16.5. The summed E-state index contributed by atoms with van der Waals surface area (Å²) < 4.78 is 10.5. The number of fused-ring (bicyclic) bond motifs is 1. The van der Waals surface area contributed by atoms with E-state index >= 15 is 0 Å². The number of methoxy groups -OCH3 is 1. The average molecular weight is 262 g/mol. The van der Waals surface area contributed by atoms with Gasteiger partial charge in [-0.05, 0) is 31.2 Å². The fourth-order valence-electron chi connectivity index (χ4n) is 1.78. The van der Waals surface area contributed by atoms with Crippen LogP contribution in [-0.4, -0.2) is 37.3 Å². The lowest BCUT2D eigenvalue weighted by atomic mass is 10.2. The molecule has 2 N–H and O–H groups in total. The third-order valence-electron chi connectivity index (χ3n) is 2.81. The van der Waals surface area contributed by atoms with E-state index in [1.165, 1.54) is 0 Å². The van der Waals surface area contributed by atoms with Crippen molar-refractivity contribution in [1.29, 1.82) is 0 Å². The molecular formula is C14H18N2O3. The molecule has 0 radical (unpaired) electrons. The summed E-state index contributed by atoms with van der Waals surface area (Å²) in [5.74, 6) is 0.535. The van der Waals surface area contributed by atoms with Crippen LogP contribution in [0.4, 0.5) is 0 Å². The summed E-state index contributed by atoms with van der Waals surface area (Å²) in [5.41, 5.74) is 1.05. The highest BCUT2D eigenvalue weighted by molar-refractivity contribution is 5.82. The van der Waals surface area contributed by atoms with Gasteiger partial charge in [0.15, 0.2) is 6.10 Å². The number of carbonyl (C=O) groups is 1. The van der Waals surface area contributed by atoms with Crippen molar-refractivity contribution in [1.82, 2.24) is 10.3 Å². The number of aromatic nitrogens is 1. The number of amides is 1. The Balaban J connectivity index is 1.93. The second kappa shape index (κ2) is 6.24. The van der Waals surface area contributed by atoms with Gasteiger partial charge in [0.25, 0.3) is 5.91 Å². The van der Waals surface area contributed by atoms with Crippen LogP contribution in [0, 0.1) is 0 Å². The monoisotopic (exact) mass is 262 g/mol.